The van der Waals surface area contributed by atoms with Crippen molar-refractivity contribution in [1.82, 2.24) is 26.3 Å². The maximum atomic E-state index is 13.3. The fourth-order valence-corrected chi connectivity index (χ4v) is 4.45. The maximum absolute atomic E-state index is 13.3. The number of nitrogens with two attached hydrogens (primary N) is 1. The number of benzene rings is 1. The van der Waals surface area contributed by atoms with Gasteiger partial charge in [-0.1, -0.05) is 18.2 Å². The molecule has 1 fully saturated rings. The van der Waals surface area contributed by atoms with Crippen LogP contribution in [-0.2, 0) is 30.4 Å². The molecule has 0 aliphatic carbocycles. The zero-order chi connectivity index (χ0) is 26.9. The number of nitrogens with one attached hydrogen (secondary N) is 5. The molecule has 0 radical (unpaired) electrons. The highest BCUT2D eigenvalue weighted by atomic mass is 32.1. The molecule has 200 valence electrons. The number of carboxylic acids is 1. The van der Waals surface area contributed by atoms with E-state index in [1.165, 1.54) is 0 Å². The summed E-state index contributed by atoms with van der Waals surface area (Å²) in [6.45, 7) is 0.708. The first-order valence-corrected chi connectivity index (χ1v) is 12.6. The third-order valence-corrected chi connectivity index (χ3v) is 6.58. The number of rotatable bonds is 13. The van der Waals surface area contributed by atoms with Crippen LogP contribution in [0.25, 0.3) is 10.9 Å². The summed E-state index contributed by atoms with van der Waals surface area (Å²) in [7, 11) is 0. The van der Waals surface area contributed by atoms with Gasteiger partial charge in [0, 0.05) is 35.7 Å². The molecule has 37 heavy (non-hydrogen) atoms. The highest BCUT2D eigenvalue weighted by Gasteiger charge is 2.31. The molecule has 2 aromatic rings. The molecule has 4 amide bonds. The Balaban J connectivity index is 1.74. The van der Waals surface area contributed by atoms with Gasteiger partial charge in [0.05, 0.1) is 6.04 Å². The summed E-state index contributed by atoms with van der Waals surface area (Å²) in [6, 6.07) is 3.58. The lowest BCUT2D eigenvalue weighted by Crippen LogP contribution is -2.58. The molecule has 1 saturated heterocycles. The molecule has 4 atom stereocenters. The molecule has 13 heteroatoms. The van der Waals surface area contributed by atoms with E-state index in [1.807, 2.05) is 24.3 Å². The normalized spacial score (nSPS) is 17.5. The molecule has 0 saturated carbocycles. The molecule has 1 aromatic heterocycles. The van der Waals surface area contributed by atoms with Crippen LogP contribution in [0.15, 0.2) is 30.5 Å². The van der Waals surface area contributed by atoms with E-state index in [9.17, 15) is 29.1 Å². The summed E-state index contributed by atoms with van der Waals surface area (Å²) < 4.78 is 0. The summed E-state index contributed by atoms with van der Waals surface area (Å²) in [5.41, 5.74) is 6.76. The number of aromatic amines is 1. The van der Waals surface area contributed by atoms with Crippen molar-refractivity contribution in [3.8, 4) is 0 Å². The van der Waals surface area contributed by atoms with Crippen LogP contribution in [0.4, 0.5) is 0 Å². The summed E-state index contributed by atoms with van der Waals surface area (Å²) in [6.07, 6.45) is 2.99. The summed E-state index contributed by atoms with van der Waals surface area (Å²) >= 11 is 4.14. The van der Waals surface area contributed by atoms with Crippen LogP contribution < -0.4 is 27.0 Å². The van der Waals surface area contributed by atoms with Crippen LogP contribution in [0, 0.1) is 0 Å². The van der Waals surface area contributed by atoms with Gasteiger partial charge in [0.25, 0.3) is 0 Å². The first-order chi connectivity index (χ1) is 17.7. The summed E-state index contributed by atoms with van der Waals surface area (Å²) in [5.74, 6) is -3.89. The highest BCUT2D eigenvalue weighted by Crippen LogP contribution is 2.19. The molecular weight excluding hydrogens is 500 g/mol. The van der Waals surface area contributed by atoms with Gasteiger partial charge in [-0.15, -0.1) is 0 Å². The number of fused-ring (bicyclic) bond motifs is 1. The van der Waals surface area contributed by atoms with Crippen LogP contribution in [0.2, 0.25) is 0 Å². The first-order valence-electron chi connectivity index (χ1n) is 12.0. The number of para-hydroxylation sites is 1. The van der Waals surface area contributed by atoms with Crippen LogP contribution in [-0.4, -0.2) is 76.2 Å². The lowest BCUT2D eigenvalue weighted by atomic mass is 10.0. The highest BCUT2D eigenvalue weighted by molar-refractivity contribution is 7.80. The van der Waals surface area contributed by atoms with Crippen LogP contribution in [0.1, 0.15) is 31.2 Å². The lowest BCUT2D eigenvalue weighted by Gasteiger charge is -2.24. The Morgan fingerprint density at radius 3 is 2.41 bits per heavy atom. The van der Waals surface area contributed by atoms with Gasteiger partial charge < -0.3 is 37.1 Å². The Kier molecular flexibility index (Phi) is 9.92. The van der Waals surface area contributed by atoms with Gasteiger partial charge in [0.1, 0.15) is 18.1 Å². The number of thiol groups is 1. The molecule has 0 spiro atoms. The minimum atomic E-state index is -1.37. The Hall–Kier alpha value is -3.58. The van der Waals surface area contributed by atoms with Crippen molar-refractivity contribution in [2.24, 2.45) is 5.73 Å². The standard InChI is InChI=1S/C24H32N6O6S/c25-20(31)8-7-17(24(35)36)28-23(34)19(12-37)30-22(33)18(29-21(32)16-6-3-9-26-16)10-13-11-27-15-5-2-1-4-14(13)15/h1-2,4-5,11,16-19,26-27,37H,3,6-10,12H2,(H2,25,31)(H,28,34)(H,29,32)(H,30,33)(H,35,36). The average Bonchev–Trinajstić information content (AvgIpc) is 3.55. The molecule has 2 heterocycles. The number of hydrogen-bond donors (Lipinski definition) is 8. The number of aliphatic carboxylic acids is 1. The van der Waals surface area contributed by atoms with Crippen molar-refractivity contribution in [1.29, 1.82) is 0 Å². The van der Waals surface area contributed by atoms with Crippen LogP contribution >= 0.6 is 12.6 Å². The van der Waals surface area contributed by atoms with Crippen molar-refractivity contribution in [3.05, 3.63) is 36.0 Å². The fraction of sp³-hybridized carbons (Fsp3) is 0.458. The van der Waals surface area contributed by atoms with E-state index < -0.39 is 47.9 Å². The topological polar surface area (TPSA) is 196 Å². The smallest absolute Gasteiger partial charge is 0.326 e. The molecule has 4 unspecified atom stereocenters. The molecular formula is C24H32N6O6S. The number of primary amides is 1. The number of carbonyl (C=O) groups is 5. The minimum absolute atomic E-state index is 0.127. The predicted octanol–water partition coefficient (Wildman–Crippen LogP) is -0.803. The second-order valence-electron chi connectivity index (χ2n) is 8.92. The number of amides is 4. The van der Waals surface area contributed by atoms with Gasteiger partial charge in [0.2, 0.25) is 23.6 Å². The van der Waals surface area contributed by atoms with Crippen LogP contribution in [0.5, 0.6) is 0 Å². The average molecular weight is 533 g/mol. The van der Waals surface area contributed by atoms with E-state index in [1.54, 1.807) is 6.20 Å². The Morgan fingerprint density at radius 2 is 1.76 bits per heavy atom. The van der Waals surface area contributed by atoms with Crippen molar-refractivity contribution in [2.45, 2.75) is 56.3 Å². The molecule has 1 aliphatic rings. The second kappa shape index (κ2) is 13.1. The van der Waals surface area contributed by atoms with Gasteiger partial charge in [-0.25, -0.2) is 4.79 Å². The third kappa shape index (κ3) is 7.70. The molecule has 12 nitrogen and oxygen atoms in total. The number of aromatic nitrogens is 1. The predicted molar refractivity (Wildman–Crippen MR) is 139 cm³/mol. The first kappa shape index (κ1) is 28.0. The number of carbonyl (C=O) groups excluding carboxylic acids is 4. The summed E-state index contributed by atoms with van der Waals surface area (Å²) in [5, 5.41) is 21.0. The van der Waals surface area contributed by atoms with Gasteiger partial charge >= 0.3 is 5.97 Å². The van der Waals surface area contributed by atoms with E-state index in [-0.39, 0.29) is 30.9 Å². The largest absolute Gasteiger partial charge is 0.480 e. The number of hydrogen-bond acceptors (Lipinski definition) is 7. The van der Waals surface area contributed by atoms with E-state index in [2.05, 4.69) is 38.9 Å². The van der Waals surface area contributed by atoms with E-state index >= 15 is 0 Å². The van der Waals surface area contributed by atoms with Gasteiger partial charge in [-0.05, 0) is 37.4 Å². The van der Waals surface area contributed by atoms with Crippen molar-refractivity contribution >= 4 is 53.1 Å². The summed E-state index contributed by atoms with van der Waals surface area (Å²) in [4.78, 5) is 64.6. The number of H-pyrrole nitrogens is 1. The lowest BCUT2D eigenvalue weighted by molar-refractivity contribution is -0.142. The van der Waals surface area contributed by atoms with Crippen LogP contribution in [0.3, 0.4) is 0 Å². The Labute approximate surface area is 218 Å². The van der Waals surface area contributed by atoms with E-state index in [0.717, 1.165) is 22.9 Å². The van der Waals surface area contributed by atoms with Gasteiger partial charge in [-0.2, -0.15) is 12.6 Å². The zero-order valence-corrected chi connectivity index (χ0v) is 21.1. The Morgan fingerprint density at radius 1 is 1.05 bits per heavy atom. The second-order valence-corrected chi connectivity index (χ2v) is 9.29. The van der Waals surface area contributed by atoms with Crippen molar-refractivity contribution in [2.75, 3.05) is 12.3 Å². The monoisotopic (exact) mass is 532 g/mol. The quantitative estimate of drug-likeness (QED) is 0.155. The molecule has 8 N–H and O–H groups in total. The molecule has 1 aromatic carbocycles. The SMILES string of the molecule is NC(=O)CCC(NC(=O)C(CS)NC(=O)C(Cc1c[nH]c2ccccc12)NC(=O)C1CCCN1)C(=O)O. The van der Waals surface area contributed by atoms with Gasteiger partial charge in [0.15, 0.2) is 0 Å². The zero-order valence-electron chi connectivity index (χ0n) is 20.2. The fourth-order valence-electron chi connectivity index (χ4n) is 4.19. The maximum Gasteiger partial charge on any atom is 0.326 e. The molecule has 1 aliphatic heterocycles. The van der Waals surface area contributed by atoms with Crippen molar-refractivity contribution < 1.29 is 29.1 Å². The van der Waals surface area contributed by atoms with E-state index in [4.69, 9.17) is 5.73 Å². The van der Waals surface area contributed by atoms with Gasteiger partial charge in [-0.3, -0.25) is 19.2 Å². The minimum Gasteiger partial charge on any atom is -0.480 e. The van der Waals surface area contributed by atoms with E-state index in [0.29, 0.717) is 13.0 Å². The van der Waals surface area contributed by atoms with Crippen molar-refractivity contribution in [3.63, 3.8) is 0 Å². The molecule has 3 rings (SSSR count). The molecule has 0 bridgehead atoms. The third-order valence-electron chi connectivity index (χ3n) is 6.22. The number of carboxylic acid groups (broad SMARTS) is 1. The Bertz CT molecular complexity index is 1150.